The maximum atomic E-state index is 12.1. The van der Waals surface area contributed by atoms with Gasteiger partial charge < -0.3 is 14.7 Å². The van der Waals surface area contributed by atoms with Crippen molar-refractivity contribution in [1.29, 1.82) is 0 Å². The van der Waals surface area contributed by atoms with E-state index in [9.17, 15) is 14.7 Å². The van der Waals surface area contributed by atoms with Crippen LogP contribution in [-0.4, -0.2) is 41.1 Å². The molecule has 1 heterocycles. The molecule has 1 aliphatic rings. The third-order valence-electron chi connectivity index (χ3n) is 3.43. The Morgan fingerprint density at radius 1 is 1.35 bits per heavy atom. The Hall–Kier alpha value is -1.88. The summed E-state index contributed by atoms with van der Waals surface area (Å²) in [7, 11) is 0. The number of aliphatic carboxylic acids is 1. The molecule has 0 radical (unpaired) electrons. The maximum Gasteiger partial charge on any atom is 0.326 e. The lowest BCUT2D eigenvalue weighted by Crippen LogP contribution is -2.49. The molecule has 108 valence electrons. The third-order valence-corrected chi connectivity index (χ3v) is 3.43. The molecule has 1 aliphatic heterocycles. The predicted octanol–water partition coefficient (Wildman–Crippen LogP) is 1.45. The van der Waals surface area contributed by atoms with E-state index >= 15 is 0 Å². The molecule has 0 bridgehead atoms. The maximum absolute atomic E-state index is 12.1. The molecule has 0 aromatic heterocycles. The minimum Gasteiger partial charge on any atom is -0.480 e. The van der Waals surface area contributed by atoms with E-state index in [1.165, 1.54) is 4.90 Å². The van der Waals surface area contributed by atoms with Crippen molar-refractivity contribution in [1.82, 2.24) is 4.90 Å². The number of ether oxygens (including phenoxy) is 1. The quantitative estimate of drug-likeness (QED) is 0.827. The highest BCUT2D eigenvalue weighted by Crippen LogP contribution is 2.23. The van der Waals surface area contributed by atoms with E-state index in [-0.39, 0.29) is 12.5 Å². The van der Waals surface area contributed by atoms with Crippen molar-refractivity contribution in [2.45, 2.75) is 32.4 Å². The monoisotopic (exact) mass is 277 g/mol. The fourth-order valence-corrected chi connectivity index (χ4v) is 2.39. The Morgan fingerprint density at radius 3 is 2.70 bits per heavy atom. The Morgan fingerprint density at radius 2 is 2.05 bits per heavy atom. The Balaban J connectivity index is 2.13. The first-order chi connectivity index (χ1) is 9.63. The summed E-state index contributed by atoms with van der Waals surface area (Å²) in [5.41, 5.74) is 2.01. The number of amides is 1. The number of hydrogen-bond donors (Lipinski definition) is 1. The Bertz CT molecular complexity index is 500. The average molecular weight is 277 g/mol. The molecule has 1 aromatic carbocycles. The SMILES string of the molecule is CCCOCC(=O)N1Cc2ccccc2C[C@H]1C(=O)O. The summed E-state index contributed by atoms with van der Waals surface area (Å²) in [6.07, 6.45) is 1.18. The number of rotatable bonds is 5. The zero-order chi connectivity index (χ0) is 14.5. The summed E-state index contributed by atoms with van der Waals surface area (Å²) < 4.78 is 5.23. The number of carbonyl (C=O) groups excluding carboxylic acids is 1. The van der Waals surface area contributed by atoms with Gasteiger partial charge in [-0.05, 0) is 17.5 Å². The molecular formula is C15H19NO4. The molecule has 0 spiro atoms. The first-order valence-corrected chi connectivity index (χ1v) is 6.80. The standard InChI is InChI=1S/C15H19NO4/c1-2-7-20-10-14(17)16-9-12-6-4-3-5-11(12)8-13(16)15(18)19/h3-6,13H,2,7-10H2,1H3,(H,18,19)/t13-/m0/s1. The van der Waals surface area contributed by atoms with E-state index in [0.29, 0.717) is 19.6 Å². The molecule has 0 saturated carbocycles. The summed E-state index contributed by atoms with van der Waals surface area (Å²) in [6, 6.07) is 6.83. The van der Waals surface area contributed by atoms with Crippen LogP contribution in [0.15, 0.2) is 24.3 Å². The van der Waals surface area contributed by atoms with Gasteiger partial charge in [0.15, 0.2) is 0 Å². The fourth-order valence-electron chi connectivity index (χ4n) is 2.39. The molecule has 1 aromatic rings. The molecule has 5 nitrogen and oxygen atoms in total. The first kappa shape index (κ1) is 14.5. The van der Waals surface area contributed by atoms with Crippen molar-refractivity contribution in [2.24, 2.45) is 0 Å². The van der Waals surface area contributed by atoms with Gasteiger partial charge in [0.2, 0.25) is 5.91 Å². The van der Waals surface area contributed by atoms with Crippen molar-refractivity contribution in [2.75, 3.05) is 13.2 Å². The Kier molecular flexibility index (Phi) is 4.74. The second-order valence-electron chi connectivity index (χ2n) is 4.90. The summed E-state index contributed by atoms with van der Waals surface area (Å²) in [5.74, 6) is -1.23. The number of nitrogens with zero attached hydrogens (tertiary/aromatic N) is 1. The van der Waals surface area contributed by atoms with Crippen LogP contribution in [0.5, 0.6) is 0 Å². The van der Waals surface area contributed by atoms with E-state index in [1.54, 1.807) is 0 Å². The third kappa shape index (κ3) is 3.17. The molecule has 0 fully saturated rings. The predicted molar refractivity (Wildman–Crippen MR) is 73.2 cm³/mol. The van der Waals surface area contributed by atoms with Gasteiger partial charge in [0.05, 0.1) is 0 Å². The summed E-state index contributed by atoms with van der Waals surface area (Å²) in [4.78, 5) is 24.9. The largest absolute Gasteiger partial charge is 0.480 e. The first-order valence-electron chi connectivity index (χ1n) is 6.80. The lowest BCUT2D eigenvalue weighted by molar-refractivity contribution is -0.153. The number of benzene rings is 1. The molecule has 0 saturated heterocycles. The van der Waals surface area contributed by atoms with Crippen LogP contribution in [0.3, 0.4) is 0 Å². The van der Waals surface area contributed by atoms with Crippen LogP contribution in [0.1, 0.15) is 24.5 Å². The normalized spacial score (nSPS) is 17.6. The Labute approximate surface area is 118 Å². The van der Waals surface area contributed by atoms with Gasteiger partial charge in [-0.3, -0.25) is 4.79 Å². The molecule has 0 aliphatic carbocycles. The molecule has 0 unspecified atom stereocenters. The topological polar surface area (TPSA) is 66.8 Å². The molecule has 1 N–H and O–H groups in total. The van der Waals surface area contributed by atoms with Crippen molar-refractivity contribution >= 4 is 11.9 Å². The number of carboxylic acid groups (broad SMARTS) is 1. The van der Waals surface area contributed by atoms with E-state index in [0.717, 1.165) is 17.5 Å². The van der Waals surface area contributed by atoms with E-state index in [2.05, 4.69) is 0 Å². The van der Waals surface area contributed by atoms with Crippen LogP contribution in [-0.2, 0) is 27.3 Å². The highest BCUT2D eigenvalue weighted by atomic mass is 16.5. The zero-order valence-corrected chi connectivity index (χ0v) is 11.5. The second-order valence-corrected chi connectivity index (χ2v) is 4.90. The molecule has 1 atom stereocenters. The van der Waals surface area contributed by atoms with Gasteiger partial charge in [0.1, 0.15) is 12.6 Å². The van der Waals surface area contributed by atoms with Gasteiger partial charge in [-0.15, -0.1) is 0 Å². The van der Waals surface area contributed by atoms with Crippen molar-refractivity contribution in [3.63, 3.8) is 0 Å². The van der Waals surface area contributed by atoms with Crippen LogP contribution >= 0.6 is 0 Å². The number of hydrogen-bond acceptors (Lipinski definition) is 3. The van der Waals surface area contributed by atoms with Gasteiger partial charge in [-0.1, -0.05) is 31.2 Å². The minimum atomic E-state index is -0.969. The van der Waals surface area contributed by atoms with Crippen LogP contribution in [0.25, 0.3) is 0 Å². The highest BCUT2D eigenvalue weighted by Gasteiger charge is 2.34. The lowest BCUT2D eigenvalue weighted by Gasteiger charge is -2.34. The second kappa shape index (κ2) is 6.52. The van der Waals surface area contributed by atoms with Gasteiger partial charge in [0.25, 0.3) is 0 Å². The van der Waals surface area contributed by atoms with Gasteiger partial charge in [-0.2, -0.15) is 0 Å². The summed E-state index contributed by atoms with van der Waals surface area (Å²) >= 11 is 0. The van der Waals surface area contributed by atoms with Crippen molar-refractivity contribution < 1.29 is 19.4 Å². The molecule has 5 heteroatoms. The molecular weight excluding hydrogens is 258 g/mol. The van der Waals surface area contributed by atoms with Gasteiger partial charge in [0, 0.05) is 19.6 Å². The molecule has 20 heavy (non-hydrogen) atoms. The fraction of sp³-hybridized carbons (Fsp3) is 0.467. The van der Waals surface area contributed by atoms with E-state index in [1.807, 2.05) is 31.2 Å². The minimum absolute atomic E-state index is 0.0558. The highest BCUT2D eigenvalue weighted by molar-refractivity contribution is 5.85. The van der Waals surface area contributed by atoms with Crippen molar-refractivity contribution in [3.8, 4) is 0 Å². The smallest absolute Gasteiger partial charge is 0.326 e. The van der Waals surface area contributed by atoms with Crippen LogP contribution in [0.2, 0.25) is 0 Å². The zero-order valence-electron chi connectivity index (χ0n) is 11.5. The number of fused-ring (bicyclic) bond motifs is 1. The van der Waals surface area contributed by atoms with Crippen LogP contribution < -0.4 is 0 Å². The molecule has 2 rings (SSSR count). The van der Waals surface area contributed by atoms with E-state index < -0.39 is 12.0 Å². The average Bonchev–Trinajstić information content (AvgIpc) is 2.46. The van der Waals surface area contributed by atoms with Crippen LogP contribution in [0, 0.1) is 0 Å². The van der Waals surface area contributed by atoms with Crippen molar-refractivity contribution in [3.05, 3.63) is 35.4 Å². The number of carbonyl (C=O) groups is 2. The molecule has 1 amide bonds. The van der Waals surface area contributed by atoms with Gasteiger partial charge in [-0.25, -0.2) is 4.79 Å². The van der Waals surface area contributed by atoms with E-state index in [4.69, 9.17) is 4.74 Å². The van der Waals surface area contributed by atoms with Gasteiger partial charge >= 0.3 is 5.97 Å². The van der Waals surface area contributed by atoms with Crippen LogP contribution in [0.4, 0.5) is 0 Å². The summed E-state index contributed by atoms with van der Waals surface area (Å²) in [6.45, 7) is 2.75. The summed E-state index contributed by atoms with van der Waals surface area (Å²) in [5, 5.41) is 9.32. The number of carboxylic acids is 1. The lowest BCUT2D eigenvalue weighted by atomic mass is 9.94.